The summed E-state index contributed by atoms with van der Waals surface area (Å²) in [7, 11) is 0. The van der Waals surface area contributed by atoms with Gasteiger partial charge in [0, 0.05) is 0 Å². The van der Waals surface area contributed by atoms with E-state index in [0.29, 0.717) is 0 Å². The van der Waals surface area contributed by atoms with Crippen molar-refractivity contribution in [3.63, 3.8) is 0 Å². The van der Waals surface area contributed by atoms with Crippen LogP contribution in [0.3, 0.4) is 0 Å². The molecular weight excluding hydrogens is 138 g/mol. The van der Waals surface area contributed by atoms with Crippen LogP contribution in [0.4, 0.5) is 5.69 Å². The molecule has 0 aromatic heterocycles. The number of rotatable bonds is 1. The van der Waals surface area contributed by atoms with Gasteiger partial charge >= 0.3 is 0 Å². The van der Waals surface area contributed by atoms with E-state index in [1.54, 1.807) is 0 Å². The lowest BCUT2D eigenvalue weighted by atomic mass is 10.3. The van der Waals surface area contributed by atoms with E-state index in [2.05, 4.69) is 4.99 Å². The number of hydrogen-bond acceptors (Lipinski definition) is 1. The third-order valence-electron chi connectivity index (χ3n) is 1.01. The van der Waals surface area contributed by atoms with Gasteiger partial charge in [0.1, 0.15) is 0 Å². The van der Waals surface area contributed by atoms with Gasteiger partial charge < -0.3 is 11.5 Å². The second kappa shape index (κ2) is 4.33. The molecule has 0 heterocycles. The Labute approximate surface area is 66.7 Å². The summed E-state index contributed by atoms with van der Waals surface area (Å²) < 4.78 is 0. The highest BCUT2D eigenvalue weighted by molar-refractivity contribution is 5.78. The molecule has 60 valence electrons. The van der Waals surface area contributed by atoms with Gasteiger partial charge in [0.15, 0.2) is 5.96 Å². The monoisotopic (exact) mass is 151 g/mol. The van der Waals surface area contributed by atoms with Crippen LogP contribution < -0.4 is 11.5 Å². The summed E-state index contributed by atoms with van der Waals surface area (Å²) >= 11 is 0. The van der Waals surface area contributed by atoms with Crippen LogP contribution in [0.15, 0.2) is 35.3 Å². The van der Waals surface area contributed by atoms with Crippen molar-refractivity contribution in [1.29, 1.82) is 0 Å². The Hall–Kier alpha value is -1.51. The Kier molecular flexibility index (Phi) is 3.73. The molecule has 0 aliphatic heterocycles. The molecule has 11 heavy (non-hydrogen) atoms. The van der Waals surface area contributed by atoms with Crippen LogP contribution >= 0.6 is 0 Å². The van der Waals surface area contributed by atoms with Gasteiger partial charge in [0.05, 0.1) is 5.69 Å². The van der Waals surface area contributed by atoms with Crippen molar-refractivity contribution in [2.45, 2.75) is 7.43 Å². The molecule has 1 rings (SSSR count). The Morgan fingerprint density at radius 1 is 1.09 bits per heavy atom. The van der Waals surface area contributed by atoms with Gasteiger partial charge in [-0.3, -0.25) is 0 Å². The first-order valence-electron chi connectivity index (χ1n) is 2.94. The fourth-order valence-corrected chi connectivity index (χ4v) is 0.652. The Morgan fingerprint density at radius 2 is 1.64 bits per heavy atom. The summed E-state index contributed by atoms with van der Waals surface area (Å²) in [5.41, 5.74) is 11.1. The molecule has 3 nitrogen and oxygen atoms in total. The fourth-order valence-electron chi connectivity index (χ4n) is 0.652. The van der Waals surface area contributed by atoms with Gasteiger partial charge in [0.25, 0.3) is 0 Å². The maximum atomic E-state index is 5.15. The molecule has 0 radical (unpaired) electrons. The largest absolute Gasteiger partial charge is 0.370 e. The minimum Gasteiger partial charge on any atom is -0.370 e. The van der Waals surface area contributed by atoms with Crippen molar-refractivity contribution in [3.05, 3.63) is 30.3 Å². The summed E-state index contributed by atoms with van der Waals surface area (Å²) in [6.07, 6.45) is 0. The summed E-state index contributed by atoms with van der Waals surface area (Å²) in [6, 6.07) is 9.33. The summed E-state index contributed by atoms with van der Waals surface area (Å²) in [5, 5.41) is 0. The van der Waals surface area contributed by atoms with E-state index in [9.17, 15) is 0 Å². The molecule has 1 aromatic carbocycles. The Morgan fingerprint density at radius 3 is 2.09 bits per heavy atom. The molecule has 1 aromatic rings. The fraction of sp³-hybridized carbons (Fsp3) is 0.125. The highest BCUT2D eigenvalue weighted by atomic mass is 15.0. The topological polar surface area (TPSA) is 64.4 Å². The Bertz CT molecular complexity index is 224. The first-order valence-corrected chi connectivity index (χ1v) is 2.94. The highest BCUT2D eigenvalue weighted by Gasteiger charge is 1.83. The molecule has 0 bridgehead atoms. The zero-order valence-electron chi connectivity index (χ0n) is 5.49. The average molecular weight is 151 g/mol. The molecule has 0 amide bonds. The van der Waals surface area contributed by atoms with Crippen molar-refractivity contribution in [2.75, 3.05) is 0 Å². The number of nitrogens with two attached hydrogens (primary N) is 2. The van der Waals surface area contributed by atoms with Gasteiger partial charge in [-0.05, 0) is 12.1 Å². The molecule has 0 fully saturated rings. The van der Waals surface area contributed by atoms with Crippen LogP contribution in [0, 0.1) is 0 Å². The van der Waals surface area contributed by atoms with E-state index in [-0.39, 0.29) is 13.4 Å². The molecular formula is C8H13N3. The SMILES string of the molecule is C.NC(N)=Nc1ccccc1. The summed E-state index contributed by atoms with van der Waals surface area (Å²) in [6.45, 7) is 0. The number of benzene rings is 1. The van der Waals surface area contributed by atoms with Crippen LogP contribution in [0.2, 0.25) is 0 Å². The van der Waals surface area contributed by atoms with Gasteiger partial charge in [-0.15, -0.1) is 0 Å². The van der Waals surface area contributed by atoms with E-state index in [1.165, 1.54) is 0 Å². The van der Waals surface area contributed by atoms with E-state index in [4.69, 9.17) is 11.5 Å². The molecule has 0 spiro atoms. The van der Waals surface area contributed by atoms with Gasteiger partial charge in [-0.25, -0.2) is 4.99 Å². The van der Waals surface area contributed by atoms with Crippen LogP contribution in [0.1, 0.15) is 7.43 Å². The van der Waals surface area contributed by atoms with E-state index >= 15 is 0 Å². The number of aliphatic imine (C=N–C) groups is 1. The second-order valence-electron chi connectivity index (χ2n) is 1.87. The van der Waals surface area contributed by atoms with Crippen molar-refractivity contribution < 1.29 is 0 Å². The Balaban J connectivity index is 0.000001000. The predicted octanol–water partition coefficient (Wildman–Crippen LogP) is 1.23. The van der Waals surface area contributed by atoms with Gasteiger partial charge in [-0.2, -0.15) is 0 Å². The predicted molar refractivity (Wildman–Crippen MR) is 48.6 cm³/mol. The number of para-hydroxylation sites is 1. The molecule has 0 saturated carbocycles. The molecule has 0 unspecified atom stereocenters. The van der Waals surface area contributed by atoms with Crippen molar-refractivity contribution in [2.24, 2.45) is 16.5 Å². The molecule has 0 aliphatic rings. The lowest BCUT2D eigenvalue weighted by Crippen LogP contribution is -2.21. The third-order valence-corrected chi connectivity index (χ3v) is 1.01. The highest BCUT2D eigenvalue weighted by Crippen LogP contribution is 2.07. The van der Waals surface area contributed by atoms with Crippen LogP contribution in [-0.2, 0) is 0 Å². The second-order valence-corrected chi connectivity index (χ2v) is 1.87. The molecule has 0 saturated heterocycles. The normalized spacial score (nSPS) is 8.00. The number of nitrogens with zero attached hydrogens (tertiary/aromatic N) is 1. The average Bonchev–Trinajstić information content (AvgIpc) is 1.88. The van der Waals surface area contributed by atoms with Gasteiger partial charge in [0.2, 0.25) is 0 Å². The summed E-state index contributed by atoms with van der Waals surface area (Å²) in [4.78, 5) is 3.83. The molecule has 4 N–H and O–H groups in total. The van der Waals surface area contributed by atoms with Crippen LogP contribution in [-0.4, -0.2) is 5.96 Å². The van der Waals surface area contributed by atoms with E-state index in [1.807, 2.05) is 30.3 Å². The smallest absolute Gasteiger partial charge is 0.191 e. The number of hydrogen-bond donors (Lipinski definition) is 2. The zero-order valence-corrected chi connectivity index (χ0v) is 5.49. The molecule has 0 atom stereocenters. The molecule has 3 heteroatoms. The first kappa shape index (κ1) is 9.49. The maximum absolute atomic E-state index is 5.15. The minimum atomic E-state index is 0. The molecule has 0 aliphatic carbocycles. The number of guanidine groups is 1. The summed E-state index contributed by atoms with van der Waals surface area (Å²) in [5.74, 6) is 0.0891. The standard InChI is InChI=1S/C7H9N3.CH4/c8-7(9)10-6-4-2-1-3-5-6;/h1-5H,(H4,8,9,10);1H4. The zero-order chi connectivity index (χ0) is 7.40. The van der Waals surface area contributed by atoms with Crippen molar-refractivity contribution in [3.8, 4) is 0 Å². The van der Waals surface area contributed by atoms with Crippen molar-refractivity contribution in [1.82, 2.24) is 0 Å². The van der Waals surface area contributed by atoms with Crippen LogP contribution in [0.25, 0.3) is 0 Å². The lowest BCUT2D eigenvalue weighted by molar-refractivity contribution is 1.42. The van der Waals surface area contributed by atoms with E-state index in [0.717, 1.165) is 5.69 Å². The lowest BCUT2D eigenvalue weighted by Gasteiger charge is -1.91. The minimum absolute atomic E-state index is 0. The van der Waals surface area contributed by atoms with Crippen molar-refractivity contribution >= 4 is 11.6 Å². The third kappa shape index (κ3) is 3.25. The maximum Gasteiger partial charge on any atom is 0.191 e. The quantitative estimate of drug-likeness (QED) is 0.468. The van der Waals surface area contributed by atoms with Crippen LogP contribution in [0.5, 0.6) is 0 Å². The van der Waals surface area contributed by atoms with Gasteiger partial charge in [-0.1, -0.05) is 25.6 Å². The van der Waals surface area contributed by atoms with E-state index < -0.39 is 0 Å². The first-order chi connectivity index (χ1) is 4.79.